The van der Waals surface area contributed by atoms with E-state index in [9.17, 15) is 4.39 Å². The van der Waals surface area contributed by atoms with E-state index in [4.69, 9.17) is 11.6 Å². The second-order valence-corrected chi connectivity index (χ2v) is 6.27. The molecule has 3 rings (SSSR count). The number of hydrogen-bond donors (Lipinski definition) is 0. The average molecular weight is 294 g/mol. The molecule has 0 N–H and O–H groups in total. The first kappa shape index (κ1) is 13.6. The monoisotopic (exact) mass is 293 g/mol. The van der Waals surface area contributed by atoms with E-state index >= 15 is 0 Å². The third kappa shape index (κ3) is 2.70. The second kappa shape index (κ2) is 5.17. The van der Waals surface area contributed by atoms with Crippen molar-refractivity contribution in [3.05, 3.63) is 35.6 Å². The summed E-state index contributed by atoms with van der Waals surface area (Å²) in [6, 6.07) is 2.96. The normalized spacial score (nSPS) is 17.6. The molecule has 2 aromatic heterocycles. The summed E-state index contributed by atoms with van der Waals surface area (Å²) >= 11 is 5.98. The van der Waals surface area contributed by atoms with Crippen LogP contribution in [0.5, 0.6) is 0 Å². The summed E-state index contributed by atoms with van der Waals surface area (Å²) in [4.78, 5) is 3.64. The highest BCUT2D eigenvalue weighted by Crippen LogP contribution is 2.39. The van der Waals surface area contributed by atoms with Gasteiger partial charge in [0.25, 0.3) is 0 Å². The van der Waals surface area contributed by atoms with Crippen molar-refractivity contribution in [2.24, 2.45) is 5.41 Å². The van der Waals surface area contributed by atoms with E-state index in [2.05, 4.69) is 17.0 Å². The highest BCUT2D eigenvalue weighted by molar-refractivity contribution is 6.32. The number of rotatable bonds is 3. The van der Waals surface area contributed by atoms with E-state index in [-0.39, 0.29) is 5.15 Å². The van der Waals surface area contributed by atoms with Crippen molar-refractivity contribution < 1.29 is 4.39 Å². The largest absolute Gasteiger partial charge is 0.272 e. The first-order valence-corrected chi connectivity index (χ1v) is 7.28. The number of pyridine rings is 1. The fourth-order valence-electron chi connectivity index (χ4n) is 2.99. The van der Waals surface area contributed by atoms with Crippen LogP contribution >= 0.6 is 11.6 Å². The van der Waals surface area contributed by atoms with Gasteiger partial charge in [0, 0.05) is 23.9 Å². The predicted molar refractivity (Wildman–Crippen MR) is 77.0 cm³/mol. The summed E-state index contributed by atoms with van der Waals surface area (Å²) in [5.41, 5.74) is 1.94. The van der Waals surface area contributed by atoms with Gasteiger partial charge < -0.3 is 0 Å². The molecule has 1 fully saturated rings. The first-order valence-electron chi connectivity index (χ1n) is 6.91. The maximum atomic E-state index is 13.0. The Morgan fingerprint density at radius 3 is 2.80 bits per heavy atom. The Hall–Kier alpha value is -1.42. The van der Waals surface area contributed by atoms with Crippen LogP contribution in [0.1, 0.15) is 32.6 Å². The molecule has 106 valence electrons. The van der Waals surface area contributed by atoms with E-state index in [1.54, 1.807) is 12.3 Å². The molecule has 0 unspecified atom stereocenters. The highest BCUT2D eigenvalue weighted by atomic mass is 35.5. The molecule has 0 amide bonds. The van der Waals surface area contributed by atoms with Gasteiger partial charge in [-0.15, -0.1) is 0 Å². The molecule has 1 saturated carbocycles. The number of nitrogens with zero attached hydrogens (tertiary/aromatic N) is 3. The van der Waals surface area contributed by atoms with E-state index in [1.807, 2.05) is 10.9 Å². The minimum atomic E-state index is -0.565. The Morgan fingerprint density at radius 1 is 1.35 bits per heavy atom. The Morgan fingerprint density at radius 2 is 2.10 bits per heavy atom. The molecule has 0 aromatic carbocycles. The zero-order valence-electron chi connectivity index (χ0n) is 11.4. The summed E-state index contributed by atoms with van der Waals surface area (Å²) in [6.07, 6.45) is 8.84. The molecule has 0 saturated heterocycles. The molecule has 0 aliphatic heterocycles. The summed E-state index contributed by atoms with van der Waals surface area (Å²) in [6.45, 7) is 3.23. The third-order valence-corrected chi connectivity index (χ3v) is 4.40. The highest BCUT2D eigenvalue weighted by Gasteiger charge is 2.29. The van der Waals surface area contributed by atoms with Gasteiger partial charge in [0.05, 0.1) is 6.20 Å². The van der Waals surface area contributed by atoms with Gasteiger partial charge in [0.15, 0.2) is 0 Å². The maximum absolute atomic E-state index is 13.0. The number of hydrogen-bond acceptors (Lipinski definition) is 2. The standard InChI is InChI=1S/C15H17ClFN3/c1-15(6-2-3-7-15)10-20-9-11(8-18-20)12-4-5-13(17)19-14(12)16/h4-5,8-9H,2-3,6-7,10H2,1H3. The molecule has 20 heavy (non-hydrogen) atoms. The van der Waals surface area contributed by atoms with Gasteiger partial charge in [0.1, 0.15) is 5.15 Å². The van der Waals surface area contributed by atoms with Gasteiger partial charge in [0.2, 0.25) is 5.95 Å². The zero-order chi connectivity index (χ0) is 14.2. The third-order valence-electron chi connectivity index (χ3n) is 4.11. The predicted octanol–water partition coefficient (Wildman–Crippen LogP) is 4.32. The van der Waals surface area contributed by atoms with Crippen molar-refractivity contribution >= 4 is 11.6 Å². The molecule has 1 aliphatic carbocycles. The van der Waals surface area contributed by atoms with E-state index in [0.717, 1.165) is 17.7 Å². The summed E-state index contributed by atoms with van der Waals surface area (Å²) < 4.78 is 14.9. The van der Waals surface area contributed by atoms with Crippen LogP contribution in [0.2, 0.25) is 5.15 Å². The Kier molecular flexibility index (Phi) is 3.50. The van der Waals surface area contributed by atoms with Gasteiger partial charge in [-0.1, -0.05) is 31.4 Å². The molecule has 0 radical (unpaired) electrons. The van der Waals surface area contributed by atoms with Gasteiger partial charge in [-0.2, -0.15) is 9.49 Å². The lowest BCUT2D eigenvalue weighted by Gasteiger charge is -2.22. The van der Waals surface area contributed by atoms with Crippen molar-refractivity contribution in [1.82, 2.24) is 14.8 Å². The van der Waals surface area contributed by atoms with Gasteiger partial charge in [-0.3, -0.25) is 4.68 Å². The molecule has 3 nitrogen and oxygen atoms in total. The Balaban J connectivity index is 1.83. The molecule has 0 atom stereocenters. The molecule has 1 aliphatic rings. The van der Waals surface area contributed by atoms with Crippen molar-refractivity contribution in [2.45, 2.75) is 39.2 Å². The van der Waals surface area contributed by atoms with Crippen molar-refractivity contribution in [2.75, 3.05) is 0 Å². The van der Waals surface area contributed by atoms with Crippen LogP contribution in [0.3, 0.4) is 0 Å². The molecular weight excluding hydrogens is 277 g/mol. The van der Waals surface area contributed by atoms with E-state index in [1.165, 1.54) is 31.7 Å². The lowest BCUT2D eigenvalue weighted by molar-refractivity contribution is 0.268. The van der Waals surface area contributed by atoms with Crippen LogP contribution in [-0.2, 0) is 6.54 Å². The molecule has 5 heteroatoms. The van der Waals surface area contributed by atoms with Crippen LogP contribution in [0.15, 0.2) is 24.5 Å². The maximum Gasteiger partial charge on any atom is 0.214 e. The van der Waals surface area contributed by atoms with Crippen molar-refractivity contribution in [3.63, 3.8) is 0 Å². The minimum absolute atomic E-state index is 0.177. The van der Waals surface area contributed by atoms with Gasteiger partial charge >= 0.3 is 0 Å². The summed E-state index contributed by atoms with van der Waals surface area (Å²) in [7, 11) is 0. The second-order valence-electron chi connectivity index (χ2n) is 5.92. The van der Waals surface area contributed by atoms with Crippen LogP contribution in [0.4, 0.5) is 4.39 Å². The molecular formula is C15H17ClFN3. The van der Waals surface area contributed by atoms with Crippen molar-refractivity contribution in [3.8, 4) is 11.1 Å². The fraction of sp³-hybridized carbons (Fsp3) is 0.467. The molecule has 0 bridgehead atoms. The number of aromatic nitrogens is 3. The zero-order valence-corrected chi connectivity index (χ0v) is 12.2. The minimum Gasteiger partial charge on any atom is -0.272 e. The van der Waals surface area contributed by atoms with Crippen LogP contribution in [0, 0.1) is 11.4 Å². The smallest absolute Gasteiger partial charge is 0.214 e. The van der Waals surface area contributed by atoms with E-state index < -0.39 is 5.95 Å². The SMILES string of the molecule is CC1(Cn2cc(-c3ccc(F)nc3Cl)cn2)CCCC1. The molecule has 2 heterocycles. The lowest BCUT2D eigenvalue weighted by atomic mass is 9.89. The Labute approximate surface area is 122 Å². The van der Waals surface area contributed by atoms with Crippen molar-refractivity contribution in [1.29, 1.82) is 0 Å². The average Bonchev–Trinajstić information content (AvgIpc) is 2.99. The first-order chi connectivity index (χ1) is 9.56. The fourth-order valence-corrected chi connectivity index (χ4v) is 3.25. The summed E-state index contributed by atoms with van der Waals surface area (Å²) in [5.74, 6) is -0.565. The van der Waals surface area contributed by atoms with Gasteiger partial charge in [-0.05, 0) is 30.4 Å². The Bertz CT molecular complexity index is 617. The van der Waals surface area contributed by atoms with Crippen LogP contribution in [0.25, 0.3) is 11.1 Å². The number of halogens is 2. The van der Waals surface area contributed by atoms with Crippen LogP contribution in [-0.4, -0.2) is 14.8 Å². The van der Waals surface area contributed by atoms with Crippen LogP contribution < -0.4 is 0 Å². The summed E-state index contributed by atoms with van der Waals surface area (Å²) in [5, 5.41) is 4.58. The van der Waals surface area contributed by atoms with E-state index in [0.29, 0.717) is 5.41 Å². The quantitative estimate of drug-likeness (QED) is 0.789. The lowest BCUT2D eigenvalue weighted by Crippen LogP contribution is -2.19. The van der Waals surface area contributed by atoms with Gasteiger partial charge in [-0.25, -0.2) is 4.98 Å². The molecule has 2 aromatic rings. The molecule has 0 spiro atoms. The topological polar surface area (TPSA) is 30.7 Å².